The van der Waals surface area contributed by atoms with Crippen molar-refractivity contribution >= 4 is 17.5 Å². The molecule has 0 atom stereocenters. The molecule has 0 radical (unpaired) electrons. The zero-order chi connectivity index (χ0) is 13.7. The summed E-state index contributed by atoms with van der Waals surface area (Å²) in [5.74, 6) is 0.670. The van der Waals surface area contributed by atoms with Crippen LogP contribution in [0.3, 0.4) is 0 Å². The van der Waals surface area contributed by atoms with E-state index in [0.29, 0.717) is 10.8 Å². The molecule has 0 N–H and O–H groups in total. The fraction of sp³-hybridized carbons (Fsp3) is 0.500. The van der Waals surface area contributed by atoms with E-state index in [4.69, 9.17) is 16.3 Å². The fourth-order valence-corrected chi connectivity index (χ4v) is 2.29. The van der Waals surface area contributed by atoms with Crippen LogP contribution in [-0.4, -0.2) is 55.0 Å². The Balaban J connectivity index is 1.79. The summed E-state index contributed by atoms with van der Waals surface area (Å²) >= 11 is 5.86. The highest BCUT2D eigenvalue weighted by Gasteiger charge is 2.20. The molecule has 1 heterocycles. The molecule has 1 aromatic rings. The minimum absolute atomic E-state index is 0.0377. The number of carbonyl (C=O) groups excluding carboxylic acids is 1. The molecule has 1 saturated heterocycles. The molecule has 4 nitrogen and oxygen atoms in total. The second-order valence-corrected chi connectivity index (χ2v) is 5.00. The van der Waals surface area contributed by atoms with Crippen molar-refractivity contribution in [3.63, 3.8) is 0 Å². The predicted molar refractivity (Wildman–Crippen MR) is 75.6 cm³/mol. The topological polar surface area (TPSA) is 32.8 Å². The molecular formula is C14H19ClN2O2. The van der Waals surface area contributed by atoms with E-state index in [2.05, 4.69) is 11.8 Å². The van der Waals surface area contributed by atoms with Crippen LogP contribution in [0.2, 0.25) is 5.02 Å². The number of hydrogen-bond donors (Lipinski definition) is 0. The standard InChI is InChI=1S/C14H19ClN2O2/c1-2-16-6-8-17(9-7-16)14(18)11-19-13-5-3-4-12(15)10-13/h3-5,10H,2,6-9,11H2,1H3. The minimum Gasteiger partial charge on any atom is -0.484 e. The van der Waals surface area contributed by atoms with Crippen LogP contribution in [0, 0.1) is 0 Å². The summed E-state index contributed by atoms with van der Waals surface area (Å²) in [6.07, 6.45) is 0. The second kappa shape index (κ2) is 6.78. The van der Waals surface area contributed by atoms with Gasteiger partial charge in [-0.2, -0.15) is 0 Å². The van der Waals surface area contributed by atoms with E-state index in [1.54, 1.807) is 18.2 Å². The van der Waals surface area contributed by atoms with Gasteiger partial charge in [0.15, 0.2) is 6.61 Å². The molecule has 0 unspecified atom stereocenters. The SMILES string of the molecule is CCN1CCN(C(=O)COc2cccc(Cl)c2)CC1. The molecule has 0 bridgehead atoms. The first-order chi connectivity index (χ1) is 9.19. The summed E-state index contributed by atoms with van der Waals surface area (Å²) < 4.78 is 5.47. The minimum atomic E-state index is 0.0377. The number of carbonyl (C=O) groups is 1. The third-order valence-electron chi connectivity index (χ3n) is 3.33. The molecule has 1 amide bonds. The van der Waals surface area contributed by atoms with Gasteiger partial charge in [-0.1, -0.05) is 24.6 Å². The van der Waals surface area contributed by atoms with E-state index in [9.17, 15) is 4.79 Å². The summed E-state index contributed by atoms with van der Waals surface area (Å²) in [6, 6.07) is 7.10. The molecule has 1 aromatic carbocycles. The van der Waals surface area contributed by atoms with Crippen molar-refractivity contribution in [3.05, 3.63) is 29.3 Å². The summed E-state index contributed by atoms with van der Waals surface area (Å²) in [7, 11) is 0. The van der Waals surface area contributed by atoms with Gasteiger partial charge in [0.1, 0.15) is 5.75 Å². The summed E-state index contributed by atoms with van der Waals surface area (Å²) in [5, 5.41) is 0.613. The Kier molecular flexibility index (Phi) is 5.05. The Bertz CT molecular complexity index is 431. The molecule has 5 heteroatoms. The Hall–Kier alpha value is -1.26. The van der Waals surface area contributed by atoms with Gasteiger partial charge in [-0.15, -0.1) is 0 Å². The largest absolute Gasteiger partial charge is 0.484 e. The Morgan fingerprint density at radius 1 is 1.32 bits per heavy atom. The van der Waals surface area contributed by atoms with E-state index < -0.39 is 0 Å². The van der Waals surface area contributed by atoms with Crippen molar-refractivity contribution in [2.75, 3.05) is 39.3 Å². The number of piperazine rings is 1. The van der Waals surface area contributed by atoms with Gasteiger partial charge in [0.05, 0.1) is 0 Å². The first-order valence-corrected chi connectivity index (χ1v) is 6.95. The number of rotatable bonds is 4. The maximum absolute atomic E-state index is 12.0. The van der Waals surface area contributed by atoms with Crippen LogP contribution in [0.25, 0.3) is 0 Å². The van der Waals surface area contributed by atoms with Gasteiger partial charge in [-0.3, -0.25) is 4.79 Å². The van der Waals surface area contributed by atoms with Crippen LogP contribution >= 0.6 is 11.6 Å². The van der Waals surface area contributed by atoms with Gasteiger partial charge in [0.2, 0.25) is 0 Å². The molecule has 1 fully saturated rings. The molecule has 0 saturated carbocycles. The van der Waals surface area contributed by atoms with E-state index in [0.717, 1.165) is 32.7 Å². The zero-order valence-corrected chi connectivity index (χ0v) is 11.9. The Labute approximate surface area is 118 Å². The molecule has 104 valence electrons. The van der Waals surface area contributed by atoms with Gasteiger partial charge < -0.3 is 14.5 Å². The quantitative estimate of drug-likeness (QED) is 0.845. The summed E-state index contributed by atoms with van der Waals surface area (Å²) in [5.41, 5.74) is 0. The number of hydrogen-bond acceptors (Lipinski definition) is 3. The van der Waals surface area contributed by atoms with Crippen molar-refractivity contribution in [1.82, 2.24) is 9.80 Å². The normalized spacial score (nSPS) is 16.4. The third-order valence-corrected chi connectivity index (χ3v) is 3.57. The highest BCUT2D eigenvalue weighted by Crippen LogP contribution is 2.17. The smallest absolute Gasteiger partial charge is 0.260 e. The monoisotopic (exact) mass is 282 g/mol. The van der Waals surface area contributed by atoms with Gasteiger partial charge in [0, 0.05) is 31.2 Å². The maximum Gasteiger partial charge on any atom is 0.260 e. The molecule has 1 aliphatic heterocycles. The Morgan fingerprint density at radius 2 is 2.05 bits per heavy atom. The van der Waals surface area contributed by atoms with Crippen LogP contribution in [0.5, 0.6) is 5.75 Å². The average molecular weight is 283 g/mol. The highest BCUT2D eigenvalue weighted by atomic mass is 35.5. The van der Waals surface area contributed by atoms with E-state index >= 15 is 0 Å². The molecule has 0 spiro atoms. The Morgan fingerprint density at radius 3 is 2.68 bits per heavy atom. The zero-order valence-electron chi connectivity index (χ0n) is 11.1. The lowest BCUT2D eigenvalue weighted by Crippen LogP contribution is -2.49. The second-order valence-electron chi connectivity index (χ2n) is 4.56. The van der Waals surface area contributed by atoms with Gasteiger partial charge in [-0.05, 0) is 24.7 Å². The van der Waals surface area contributed by atoms with Crippen molar-refractivity contribution < 1.29 is 9.53 Å². The average Bonchev–Trinajstić information content (AvgIpc) is 2.45. The molecule has 1 aliphatic rings. The number of halogens is 1. The lowest BCUT2D eigenvalue weighted by molar-refractivity contribution is -0.135. The number of ether oxygens (including phenoxy) is 1. The van der Waals surface area contributed by atoms with Crippen LogP contribution < -0.4 is 4.74 Å². The van der Waals surface area contributed by atoms with Crippen molar-refractivity contribution in [1.29, 1.82) is 0 Å². The van der Waals surface area contributed by atoms with E-state index in [-0.39, 0.29) is 12.5 Å². The fourth-order valence-electron chi connectivity index (χ4n) is 2.11. The summed E-state index contributed by atoms with van der Waals surface area (Å²) in [4.78, 5) is 16.2. The lowest BCUT2D eigenvalue weighted by atomic mass is 10.3. The molecular weight excluding hydrogens is 264 g/mol. The number of benzene rings is 1. The third kappa shape index (κ3) is 4.11. The number of likely N-dealkylation sites (N-methyl/N-ethyl adjacent to an activating group) is 1. The van der Waals surface area contributed by atoms with Gasteiger partial charge >= 0.3 is 0 Å². The van der Waals surface area contributed by atoms with Crippen molar-refractivity contribution in [2.24, 2.45) is 0 Å². The molecule has 0 aromatic heterocycles. The van der Waals surface area contributed by atoms with Crippen molar-refractivity contribution in [3.8, 4) is 5.75 Å². The van der Waals surface area contributed by atoms with Crippen LogP contribution in [0.1, 0.15) is 6.92 Å². The van der Waals surface area contributed by atoms with Crippen LogP contribution in [0.4, 0.5) is 0 Å². The molecule has 19 heavy (non-hydrogen) atoms. The number of nitrogens with zero attached hydrogens (tertiary/aromatic N) is 2. The van der Waals surface area contributed by atoms with E-state index in [1.165, 1.54) is 0 Å². The molecule has 0 aliphatic carbocycles. The first kappa shape index (κ1) is 14.2. The number of amides is 1. The van der Waals surface area contributed by atoms with E-state index in [1.807, 2.05) is 11.0 Å². The highest BCUT2D eigenvalue weighted by molar-refractivity contribution is 6.30. The van der Waals surface area contributed by atoms with Crippen LogP contribution in [-0.2, 0) is 4.79 Å². The maximum atomic E-state index is 12.0. The van der Waals surface area contributed by atoms with Crippen LogP contribution in [0.15, 0.2) is 24.3 Å². The van der Waals surface area contributed by atoms with Gasteiger partial charge in [-0.25, -0.2) is 0 Å². The summed E-state index contributed by atoms with van der Waals surface area (Å²) in [6.45, 7) is 6.71. The first-order valence-electron chi connectivity index (χ1n) is 6.57. The lowest BCUT2D eigenvalue weighted by Gasteiger charge is -2.33. The van der Waals surface area contributed by atoms with Gasteiger partial charge in [0.25, 0.3) is 5.91 Å². The predicted octanol–water partition coefficient (Wildman–Crippen LogP) is 1.88. The van der Waals surface area contributed by atoms with Crippen molar-refractivity contribution in [2.45, 2.75) is 6.92 Å². The molecule has 2 rings (SSSR count).